The Morgan fingerprint density at radius 2 is 2.10 bits per heavy atom. The van der Waals surface area contributed by atoms with E-state index in [0.29, 0.717) is 29.9 Å². The first-order chi connectivity index (χ1) is 9.73. The number of aliphatic carboxylic acids is 1. The molecule has 0 spiro atoms. The van der Waals surface area contributed by atoms with Gasteiger partial charge in [-0.1, -0.05) is 0 Å². The van der Waals surface area contributed by atoms with Gasteiger partial charge in [0.25, 0.3) is 0 Å². The Balaban J connectivity index is 2.14. The quantitative estimate of drug-likeness (QED) is 0.831. The second kappa shape index (κ2) is 5.31. The molecule has 0 bridgehead atoms. The van der Waals surface area contributed by atoms with Crippen molar-refractivity contribution in [3.05, 3.63) is 27.4 Å². The smallest absolute Gasteiger partial charge is 0.345 e. The highest BCUT2D eigenvalue weighted by Gasteiger charge is 2.42. The second-order valence-electron chi connectivity index (χ2n) is 5.84. The van der Waals surface area contributed by atoms with Crippen LogP contribution in [-0.2, 0) is 16.0 Å². The van der Waals surface area contributed by atoms with E-state index in [9.17, 15) is 19.5 Å². The molecule has 1 amide bonds. The van der Waals surface area contributed by atoms with Crippen LogP contribution in [0.1, 0.15) is 30.3 Å². The number of aromatic amines is 1. The molecule has 1 unspecified atom stereocenters. The monoisotopic (exact) mass is 293 g/mol. The van der Waals surface area contributed by atoms with Crippen molar-refractivity contribution >= 4 is 11.9 Å². The summed E-state index contributed by atoms with van der Waals surface area (Å²) in [6, 6.07) is 0. The minimum Gasteiger partial charge on any atom is -0.481 e. The zero-order valence-corrected chi connectivity index (χ0v) is 12.4. The van der Waals surface area contributed by atoms with Gasteiger partial charge < -0.3 is 15.0 Å². The van der Waals surface area contributed by atoms with E-state index in [1.807, 2.05) is 0 Å². The largest absolute Gasteiger partial charge is 0.481 e. The molecule has 21 heavy (non-hydrogen) atoms. The van der Waals surface area contributed by atoms with Crippen LogP contribution in [0.5, 0.6) is 0 Å². The van der Waals surface area contributed by atoms with Gasteiger partial charge in [0.2, 0.25) is 5.91 Å². The van der Waals surface area contributed by atoms with E-state index in [-0.39, 0.29) is 18.9 Å². The van der Waals surface area contributed by atoms with Gasteiger partial charge in [0.05, 0.1) is 11.8 Å². The number of aryl methyl sites for hydroxylation is 2. The highest BCUT2D eigenvalue weighted by molar-refractivity contribution is 5.82. The SMILES string of the molecule is Cc1nc(=O)[nH]c(C)c1CC(=O)N1CCC(C)(C(=O)O)C1. The van der Waals surface area contributed by atoms with Crippen molar-refractivity contribution < 1.29 is 14.7 Å². The molecule has 1 aliphatic rings. The van der Waals surface area contributed by atoms with Gasteiger partial charge >= 0.3 is 11.7 Å². The van der Waals surface area contributed by atoms with Crippen molar-refractivity contribution in [2.24, 2.45) is 5.41 Å². The minimum atomic E-state index is -0.879. The van der Waals surface area contributed by atoms with Gasteiger partial charge in [-0.2, -0.15) is 4.98 Å². The molecule has 2 N–H and O–H groups in total. The standard InChI is InChI=1S/C14H19N3O4/c1-8-10(9(2)16-13(21)15-8)6-11(18)17-5-4-14(3,7-17)12(19)20/h4-7H2,1-3H3,(H,19,20)(H,15,16,21). The topological polar surface area (TPSA) is 103 Å². The van der Waals surface area contributed by atoms with Crippen molar-refractivity contribution in [1.82, 2.24) is 14.9 Å². The predicted octanol–water partition coefficient (Wildman–Crippen LogP) is 0.252. The number of hydrogen-bond donors (Lipinski definition) is 2. The fraction of sp³-hybridized carbons (Fsp3) is 0.571. The number of carboxylic acid groups (broad SMARTS) is 1. The molecular weight excluding hydrogens is 274 g/mol. The summed E-state index contributed by atoms with van der Waals surface area (Å²) in [4.78, 5) is 42.7. The summed E-state index contributed by atoms with van der Waals surface area (Å²) in [6.07, 6.45) is 0.576. The van der Waals surface area contributed by atoms with E-state index in [0.717, 1.165) is 0 Å². The Hall–Kier alpha value is -2.18. The first-order valence-electron chi connectivity index (χ1n) is 6.80. The fourth-order valence-electron chi connectivity index (χ4n) is 2.63. The lowest BCUT2D eigenvalue weighted by molar-refractivity contribution is -0.147. The van der Waals surface area contributed by atoms with Gasteiger partial charge in [0.1, 0.15) is 0 Å². The fourth-order valence-corrected chi connectivity index (χ4v) is 2.63. The van der Waals surface area contributed by atoms with Crippen LogP contribution in [0.15, 0.2) is 4.79 Å². The van der Waals surface area contributed by atoms with E-state index >= 15 is 0 Å². The average Bonchev–Trinajstić information content (AvgIpc) is 2.78. The van der Waals surface area contributed by atoms with Gasteiger partial charge in [0.15, 0.2) is 0 Å². The maximum atomic E-state index is 12.3. The molecule has 1 aromatic rings. The minimum absolute atomic E-state index is 0.122. The maximum Gasteiger partial charge on any atom is 0.345 e. The van der Waals surface area contributed by atoms with Crippen molar-refractivity contribution in [3.63, 3.8) is 0 Å². The summed E-state index contributed by atoms with van der Waals surface area (Å²) in [5, 5.41) is 9.19. The highest BCUT2D eigenvalue weighted by atomic mass is 16.4. The molecule has 1 fully saturated rings. The Labute approximate surface area is 122 Å². The number of H-pyrrole nitrogens is 1. The zero-order chi connectivity index (χ0) is 15.8. The number of carbonyl (C=O) groups excluding carboxylic acids is 1. The Bertz CT molecular complexity index is 626. The lowest BCUT2D eigenvalue weighted by Gasteiger charge is -2.20. The highest BCUT2D eigenvalue weighted by Crippen LogP contribution is 2.30. The van der Waals surface area contributed by atoms with E-state index in [1.54, 1.807) is 25.7 Å². The first-order valence-corrected chi connectivity index (χ1v) is 6.80. The Morgan fingerprint density at radius 1 is 1.43 bits per heavy atom. The molecule has 7 heteroatoms. The molecule has 2 heterocycles. The van der Waals surface area contributed by atoms with Crippen molar-refractivity contribution in [2.75, 3.05) is 13.1 Å². The molecule has 2 rings (SSSR count). The molecule has 7 nitrogen and oxygen atoms in total. The number of carboxylic acids is 1. The molecule has 0 aliphatic carbocycles. The predicted molar refractivity (Wildman–Crippen MR) is 75.0 cm³/mol. The van der Waals surface area contributed by atoms with Crippen molar-refractivity contribution in [2.45, 2.75) is 33.6 Å². The number of nitrogens with zero attached hydrogens (tertiary/aromatic N) is 2. The van der Waals surface area contributed by atoms with Crippen LogP contribution in [0.25, 0.3) is 0 Å². The maximum absolute atomic E-state index is 12.3. The third-order valence-corrected chi connectivity index (χ3v) is 4.12. The molecular formula is C14H19N3O4. The third kappa shape index (κ3) is 2.96. The molecule has 1 saturated heterocycles. The van der Waals surface area contributed by atoms with Crippen LogP contribution in [0.2, 0.25) is 0 Å². The summed E-state index contributed by atoms with van der Waals surface area (Å²) >= 11 is 0. The van der Waals surface area contributed by atoms with E-state index in [4.69, 9.17) is 0 Å². The lowest BCUT2D eigenvalue weighted by atomic mass is 9.90. The van der Waals surface area contributed by atoms with Crippen LogP contribution in [0, 0.1) is 19.3 Å². The average molecular weight is 293 g/mol. The summed E-state index contributed by atoms with van der Waals surface area (Å²) in [5.41, 5.74) is 0.554. The van der Waals surface area contributed by atoms with Gasteiger partial charge in [-0.15, -0.1) is 0 Å². The first kappa shape index (κ1) is 15.2. The van der Waals surface area contributed by atoms with Crippen molar-refractivity contribution in [1.29, 1.82) is 0 Å². The molecule has 1 aromatic heterocycles. The van der Waals surface area contributed by atoms with E-state index in [1.165, 1.54) is 0 Å². The number of hydrogen-bond acceptors (Lipinski definition) is 4. The van der Waals surface area contributed by atoms with Gasteiger partial charge in [0, 0.05) is 30.0 Å². The molecule has 1 atom stereocenters. The van der Waals surface area contributed by atoms with Crippen molar-refractivity contribution in [3.8, 4) is 0 Å². The molecule has 0 aromatic carbocycles. The number of nitrogens with one attached hydrogen (secondary N) is 1. The zero-order valence-electron chi connectivity index (χ0n) is 12.4. The lowest BCUT2D eigenvalue weighted by Crippen LogP contribution is -2.36. The number of amides is 1. The van der Waals surface area contributed by atoms with Crippen LogP contribution in [0.3, 0.4) is 0 Å². The summed E-state index contributed by atoms with van der Waals surface area (Å²) in [5.74, 6) is -1.02. The summed E-state index contributed by atoms with van der Waals surface area (Å²) in [6.45, 7) is 5.73. The normalized spacial score (nSPS) is 21.6. The van der Waals surface area contributed by atoms with Gasteiger partial charge in [-0.25, -0.2) is 4.79 Å². The summed E-state index contributed by atoms with van der Waals surface area (Å²) < 4.78 is 0. The number of aromatic nitrogens is 2. The second-order valence-corrected chi connectivity index (χ2v) is 5.84. The van der Waals surface area contributed by atoms with Crippen LogP contribution < -0.4 is 5.69 Å². The van der Waals surface area contributed by atoms with Crippen LogP contribution >= 0.6 is 0 Å². The van der Waals surface area contributed by atoms with E-state index < -0.39 is 17.1 Å². The third-order valence-electron chi connectivity index (χ3n) is 4.12. The Morgan fingerprint density at radius 3 is 2.62 bits per heavy atom. The van der Waals surface area contributed by atoms with Crippen LogP contribution in [-0.4, -0.2) is 44.9 Å². The molecule has 114 valence electrons. The Kier molecular flexibility index (Phi) is 3.85. The van der Waals surface area contributed by atoms with Gasteiger partial charge in [-0.05, 0) is 27.2 Å². The summed E-state index contributed by atoms with van der Waals surface area (Å²) in [7, 11) is 0. The van der Waals surface area contributed by atoms with E-state index in [2.05, 4.69) is 9.97 Å². The molecule has 0 saturated carbocycles. The number of rotatable bonds is 3. The van der Waals surface area contributed by atoms with Crippen LogP contribution in [0.4, 0.5) is 0 Å². The number of likely N-dealkylation sites (tertiary alicyclic amines) is 1. The molecule has 1 aliphatic heterocycles. The van der Waals surface area contributed by atoms with Gasteiger partial charge in [-0.3, -0.25) is 9.59 Å². The number of carbonyl (C=O) groups is 2. The molecule has 0 radical (unpaired) electrons.